The SMILES string of the molecule is CC(C)c1c(CNC(C)(C)C)cnn1C1CCCC1. The quantitative estimate of drug-likeness (QED) is 0.889. The lowest BCUT2D eigenvalue weighted by Gasteiger charge is -2.22. The summed E-state index contributed by atoms with van der Waals surface area (Å²) in [5, 5.41) is 8.28. The summed E-state index contributed by atoms with van der Waals surface area (Å²) in [6.45, 7) is 12.1. The molecule has 0 radical (unpaired) electrons. The van der Waals surface area contributed by atoms with Gasteiger partial charge in [0, 0.05) is 23.3 Å². The maximum Gasteiger partial charge on any atom is 0.0537 e. The van der Waals surface area contributed by atoms with Crippen molar-refractivity contribution < 1.29 is 0 Å². The van der Waals surface area contributed by atoms with E-state index in [1.54, 1.807) is 0 Å². The zero-order valence-electron chi connectivity index (χ0n) is 13.2. The van der Waals surface area contributed by atoms with Crippen LogP contribution in [0.25, 0.3) is 0 Å². The van der Waals surface area contributed by atoms with Crippen LogP contribution in [0.4, 0.5) is 0 Å². The third-order valence-electron chi connectivity index (χ3n) is 3.94. The Balaban J connectivity index is 2.19. The van der Waals surface area contributed by atoms with E-state index in [1.807, 2.05) is 0 Å². The number of hydrogen-bond acceptors (Lipinski definition) is 2. The minimum absolute atomic E-state index is 0.156. The van der Waals surface area contributed by atoms with Gasteiger partial charge >= 0.3 is 0 Å². The van der Waals surface area contributed by atoms with E-state index in [2.05, 4.69) is 50.8 Å². The lowest BCUT2D eigenvalue weighted by Crippen LogP contribution is -2.35. The second-order valence-corrected chi connectivity index (χ2v) is 7.20. The van der Waals surface area contributed by atoms with E-state index in [0.29, 0.717) is 12.0 Å². The Bertz CT molecular complexity index is 406. The predicted octanol–water partition coefficient (Wildman–Crippen LogP) is 4.01. The molecular weight excluding hydrogens is 234 g/mol. The minimum atomic E-state index is 0.156. The third-order valence-corrected chi connectivity index (χ3v) is 3.94. The molecule has 1 aliphatic rings. The molecule has 0 aliphatic heterocycles. The Kier molecular flexibility index (Phi) is 4.34. The summed E-state index contributed by atoms with van der Waals surface area (Å²) >= 11 is 0. The zero-order valence-corrected chi connectivity index (χ0v) is 13.2. The molecular formula is C16H29N3. The van der Waals surface area contributed by atoms with E-state index in [1.165, 1.54) is 36.9 Å². The predicted molar refractivity (Wildman–Crippen MR) is 80.4 cm³/mol. The fourth-order valence-corrected chi connectivity index (χ4v) is 2.98. The van der Waals surface area contributed by atoms with Gasteiger partial charge in [0.05, 0.1) is 12.2 Å². The number of hydrogen-bond donors (Lipinski definition) is 1. The van der Waals surface area contributed by atoms with Gasteiger partial charge < -0.3 is 5.32 Å². The van der Waals surface area contributed by atoms with Gasteiger partial charge in [-0.15, -0.1) is 0 Å². The molecule has 1 aromatic heterocycles. The number of rotatable bonds is 4. The topological polar surface area (TPSA) is 29.9 Å². The second kappa shape index (κ2) is 5.66. The van der Waals surface area contributed by atoms with Crippen LogP contribution in [0.1, 0.15) is 83.5 Å². The van der Waals surface area contributed by atoms with Crippen molar-refractivity contribution in [3.8, 4) is 0 Å². The maximum absolute atomic E-state index is 4.70. The van der Waals surface area contributed by atoms with Gasteiger partial charge in [-0.25, -0.2) is 0 Å². The lowest BCUT2D eigenvalue weighted by atomic mass is 10.0. The third kappa shape index (κ3) is 3.59. The van der Waals surface area contributed by atoms with Crippen LogP contribution >= 0.6 is 0 Å². The fraction of sp³-hybridized carbons (Fsp3) is 0.812. The normalized spacial score (nSPS) is 17.6. The molecule has 1 aliphatic carbocycles. The summed E-state index contributed by atoms with van der Waals surface area (Å²) in [5.41, 5.74) is 2.96. The van der Waals surface area contributed by atoms with E-state index in [9.17, 15) is 0 Å². The average molecular weight is 263 g/mol. The summed E-state index contributed by atoms with van der Waals surface area (Å²) < 4.78 is 2.32. The average Bonchev–Trinajstić information content (AvgIpc) is 2.93. The molecule has 0 unspecified atom stereocenters. The smallest absolute Gasteiger partial charge is 0.0537 e. The molecule has 0 bridgehead atoms. The highest BCUT2D eigenvalue weighted by Gasteiger charge is 2.23. The summed E-state index contributed by atoms with van der Waals surface area (Å²) in [4.78, 5) is 0. The van der Waals surface area contributed by atoms with Crippen molar-refractivity contribution in [1.82, 2.24) is 15.1 Å². The van der Waals surface area contributed by atoms with Crippen molar-refractivity contribution in [3.05, 3.63) is 17.5 Å². The molecule has 1 fully saturated rings. The molecule has 1 heterocycles. The van der Waals surface area contributed by atoms with Crippen molar-refractivity contribution in [2.45, 2.75) is 84.3 Å². The first-order valence-corrected chi connectivity index (χ1v) is 7.70. The molecule has 3 heteroatoms. The Morgan fingerprint density at radius 2 is 1.95 bits per heavy atom. The molecule has 0 amide bonds. The zero-order chi connectivity index (χ0) is 14.0. The Labute approximate surface area is 117 Å². The molecule has 19 heavy (non-hydrogen) atoms. The van der Waals surface area contributed by atoms with E-state index >= 15 is 0 Å². The van der Waals surface area contributed by atoms with Crippen molar-refractivity contribution >= 4 is 0 Å². The van der Waals surface area contributed by atoms with Gasteiger partial charge in [0.2, 0.25) is 0 Å². The number of nitrogens with zero attached hydrogens (tertiary/aromatic N) is 2. The monoisotopic (exact) mass is 263 g/mol. The molecule has 2 rings (SSSR count). The first kappa shape index (κ1) is 14.6. The summed E-state index contributed by atoms with van der Waals surface area (Å²) in [6, 6.07) is 0.640. The molecule has 1 aromatic rings. The van der Waals surface area contributed by atoms with Crippen molar-refractivity contribution in [1.29, 1.82) is 0 Å². The first-order chi connectivity index (χ1) is 8.88. The maximum atomic E-state index is 4.70. The van der Waals surface area contributed by atoms with Gasteiger partial charge in [0.15, 0.2) is 0 Å². The number of nitrogens with one attached hydrogen (secondary N) is 1. The molecule has 0 saturated heterocycles. The standard InChI is InChI=1S/C16H29N3/c1-12(2)15-13(10-17-16(3,4)5)11-18-19(15)14-8-6-7-9-14/h11-12,14,17H,6-10H2,1-5H3. The van der Waals surface area contributed by atoms with E-state index in [4.69, 9.17) is 5.10 Å². The van der Waals surface area contributed by atoms with Crippen molar-refractivity contribution in [2.75, 3.05) is 0 Å². The highest BCUT2D eigenvalue weighted by molar-refractivity contribution is 5.22. The van der Waals surface area contributed by atoms with Crippen LogP contribution in [0, 0.1) is 0 Å². The lowest BCUT2D eigenvalue weighted by molar-refractivity contribution is 0.417. The van der Waals surface area contributed by atoms with Gasteiger partial charge in [-0.05, 0) is 39.5 Å². The Hall–Kier alpha value is -0.830. The van der Waals surface area contributed by atoms with Crippen LogP contribution in [0.15, 0.2) is 6.20 Å². The van der Waals surface area contributed by atoms with Gasteiger partial charge in [-0.2, -0.15) is 5.10 Å². The van der Waals surface area contributed by atoms with Crippen molar-refractivity contribution in [3.63, 3.8) is 0 Å². The number of aromatic nitrogens is 2. The molecule has 1 saturated carbocycles. The summed E-state index contributed by atoms with van der Waals surface area (Å²) in [5.74, 6) is 0.542. The van der Waals surface area contributed by atoms with E-state index < -0.39 is 0 Å². The largest absolute Gasteiger partial charge is 0.308 e. The molecule has 3 nitrogen and oxygen atoms in total. The van der Waals surface area contributed by atoms with Gasteiger partial charge in [0.1, 0.15) is 0 Å². The minimum Gasteiger partial charge on any atom is -0.308 e. The molecule has 1 N–H and O–H groups in total. The van der Waals surface area contributed by atoms with Gasteiger partial charge in [-0.3, -0.25) is 4.68 Å². The fourth-order valence-electron chi connectivity index (χ4n) is 2.98. The second-order valence-electron chi connectivity index (χ2n) is 7.20. The molecule has 0 atom stereocenters. The highest BCUT2D eigenvalue weighted by Crippen LogP contribution is 2.33. The summed E-state index contributed by atoms with van der Waals surface area (Å²) in [6.07, 6.45) is 7.39. The molecule has 0 spiro atoms. The van der Waals surface area contributed by atoms with Crippen LogP contribution in [-0.2, 0) is 6.54 Å². The van der Waals surface area contributed by atoms with Crippen LogP contribution < -0.4 is 5.32 Å². The van der Waals surface area contributed by atoms with E-state index in [-0.39, 0.29) is 5.54 Å². The van der Waals surface area contributed by atoms with Gasteiger partial charge in [0.25, 0.3) is 0 Å². The highest BCUT2D eigenvalue weighted by atomic mass is 15.3. The van der Waals surface area contributed by atoms with Crippen LogP contribution in [0.5, 0.6) is 0 Å². The van der Waals surface area contributed by atoms with E-state index in [0.717, 1.165) is 6.54 Å². The van der Waals surface area contributed by atoms with Gasteiger partial charge in [-0.1, -0.05) is 26.7 Å². The first-order valence-electron chi connectivity index (χ1n) is 7.70. The molecule has 108 valence electrons. The summed E-state index contributed by atoms with van der Waals surface area (Å²) in [7, 11) is 0. The van der Waals surface area contributed by atoms with Crippen LogP contribution in [-0.4, -0.2) is 15.3 Å². The Morgan fingerprint density at radius 1 is 1.32 bits per heavy atom. The van der Waals surface area contributed by atoms with Crippen LogP contribution in [0.2, 0.25) is 0 Å². The Morgan fingerprint density at radius 3 is 2.47 bits per heavy atom. The van der Waals surface area contributed by atoms with Crippen molar-refractivity contribution in [2.24, 2.45) is 0 Å². The van der Waals surface area contributed by atoms with Crippen LogP contribution in [0.3, 0.4) is 0 Å². The molecule has 0 aromatic carbocycles.